The van der Waals surface area contributed by atoms with E-state index < -0.39 is 0 Å². The highest BCUT2D eigenvalue weighted by Gasteiger charge is 2.04. The molecule has 1 aromatic rings. The smallest absolute Gasteiger partial charge is 0.203 e. The summed E-state index contributed by atoms with van der Waals surface area (Å²) in [5.41, 5.74) is 1.07. The first-order valence-corrected chi connectivity index (χ1v) is 7.62. The van der Waals surface area contributed by atoms with Crippen LogP contribution in [-0.2, 0) is 16.0 Å². The monoisotopic (exact) mass is 283 g/mol. The number of aryl methyl sites for hydroxylation is 2. The Kier molecular flexibility index (Phi) is 9.07. The molecule has 0 bridgehead atoms. The maximum Gasteiger partial charge on any atom is 0.203 e. The lowest BCUT2D eigenvalue weighted by Crippen LogP contribution is -2.09. The van der Waals surface area contributed by atoms with Crippen molar-refractivity contribution in [2.24, 2.45) is 0 Å². The van der Waals surface area contributed by atoms with E-state index in [1.54, 1.807) is 7.11 Å². The van der Waals surface area contributed by atoms with Gasteiger partial charge in [-0.15, -0.1) is 0 Å². The Bertz CT molecular complexity index is 353. The zero-order valence-corrected chi connectivity index (χ0v) is 13.2. The van der Waals surface area contributed by atoms with Gasteiger partial charge in [0.1, 0.15) is 0 Å². The number of anilines is 1. The fourth-order valence-electron chi connectivity index (χ4n) is 1.97. The Balaban J connectivity index is 2.21. The second-order valence-electron chi connectivity index (χ2n) is 4.99. The second-order valence-corrected chi connectivity index (χ2v) is 4.99. The molecule has 0 aromatic carbocycles. The highest BCUT2D eigenvalue weighted by atomic mass is 16.5. The minimum absolute atomic E-state index is 0.673. The highest BCUT2D eigenvalue weighted by Crippen LogP contribution is 2.10. The van der Waals surface area contributed by atoms with Crippen molar-refractivity contribution in [2.45, 2.75) is 46.1 Å². The maximum atomic E-state index is 5.46. The lowest BCUT2D eigenvalue weighted by molar-refractivity contribution is 0.0684. The summed E-state index contributed by atoms with van der Waals surface area (Å²) in [6, 6.07) is 0. The largest absolute Gasteiger partial charge is 0.382 e. The highest BCUT2D eigenvalue weighted by molar-refractivity contribution is 5.28. The predicted molar refractivity (Wildman–Crippen MR) is 82.3 cm³/mol. The summed E-state index contributed by atoms with van der Waals surface area (Å²) in [7, 11) is 1.69. The number of methoxy groups -OCH3 is 1. The van der Waals surface area contributed by atoms with Gasteiger partial charge in [-0.1, -0.05) is 13.3 Å². The number of imidazole rings is 1. The van der Waals surface area contributed by atoms with Crippen molar-refractivity contribution >= 4 is 5.95 Å². The average molecular weight is 283 g/mol. The summed E-state index contributed by atoms with van der Waals surface area (Å²) in [4.78, 5) is 4.53. The van der Waals surface area contributed by atoms with Gasteiger partial charge in [0, 0.05) is 33.0 Å². The molecule has 0 aliphatic heterocycles. The van der Waals surface area contributed by atoms with Crippen LogP contribution in [0.15, 0.2) is 6.20 Å². The third kappa shape index (κ3) is 6.91. The van der Waals surface area contributed by atoms with Crippen molar-refractivity contribution in [1.29, 1.82) is 0 Å². The molecular weight excluding hydrogens is 254 g/mol. The van der Waals surface area contributed by atoms with Crippen LogP contribution in [0, 0.1) is 6.92 Å². The first-order chi connectivity index (χ1) is 9.77. The van der Waals surface area contributed by atoms with Crippen LogP contribution in [-0.4, -0.2) is 43.0 Å². The minimum atomic E-state index is 0.673. The number of unbranched alkanes of at least 4 members (excludes halogenated alkanes) is 2. The van der Waals surface area contributed by atoms with Crippen LogP contribution in [0.4, 0.5) is 5.95 Å². The number of nitrogens with one attached hydrogen (secondary N) is 1. The van der Waals surface area contributed by atoms with Gasteiger partial charge in [-0.3, -0.25) is 0 Å². The van der Waals surface area contributed by atoms with Crippen LogP contribution >= 0.6 is 0 Å². The van der Waals surface area contributed by atoms with Gasteiger partial charge in [0.15, 0.2) is 0 Å². The van der Waals surface area contributed by atoms with E-state index >= 15 is 0 Å². The molecule has 1 aromatic heterocycles. The fourth-order valence-corrected chi connectivity index (χ4v) is 1.97. The molecule has 0 atom stereocenters. The van der Waals surface area contributed by atoms with Crippen LogP contribution in [0.25, 0.3) is 0 Å². The summed E-state index contributed by atoms with van der Waals surface area (Å²) in [5.74, 6) is 0.997. The van der Waals surface area contributed by atoms with E-state index in [1.807, 2.05) is 6.92 Å². The summed E-state index contributed by atoms with van der Waals surface area (Å²) in [6.45, 7) is 8.38. The van der Waals surface area contributed by atoms with Crippen LogP contribution in [0.3, 0.4) is 0 Å². The van der Waals surface area contributed by atoms with Crippen molar-refractivity contribution < 1.29 is 9.47 Å². The number of hydrogen-bond donors (Lipinski definition) is 1. The Morgan fingerprint density at radius 2 is 2.05 bits per heavy atom. The molecule has 0 unspecified atom stereocenters. The van der Waals surface area contributed by atoms with Gasteiger partial charge in [-0.2, -0.15) is 0 Å². The molecule has 5 nitrogen and oxygen atoms in total. The maximum absolute atomic E-state index is 5.46. The third-order valence-corrected chi connectivity index (χ3v) is 3.08. The van der Waals surface area contributed by atoms with E-state index in [9.17, 15) is 0 Å². The molecule has 1 rings (SSSR count). The van der Waals surface area contributed by atoms with Crippen molar-refractivity contribution in [1.82, 2.24) is 9.55 Å². The molecular formula is C15H29N3O2. The molecule has 0 saturated carbocycles. The minimum Gasteiger partial charge on any atom is -0.382 e. The Morgan fingerprint density at radius 1 is 1.20 bits per heavy atom. The molecule has 0 saturated heterocycles. The molecule has 5 heteroatoms. The van der Waals surface area contributed by atoms with Crippen LogP contribution < -0.4 is 5.32 Å². The molecule has 0 aliphatic rings. The average Bonchev–Trinajstić information content (AvgIpc) is 2.78. The van der Waals surface area contributed by atoms with Gasteiger partial charge in [0.2, 0.25) is 5.95 Å². The van der Waals surface area contributed by atoms with Crippen LogP contribution in [0.1, 0.15) is 38.3 Å². The van der Waals surface area contributed by atoms with Crippen molar-refractivity contribution in [3.63, 3.8) is 0 Å². The van der Waals surface area contributed by atoms with E-state index in [0.717, 1.165) is 44.2 Å². The van der Waals surface area contributed by atoms with E-state index in [2.05, 4.69) is 28.0 Å². The summed E-state index contributed by atoms with van der Waals surface area (Å²) in [5, 5.41) is 3.41. The van der Waals surface area contributed by atoms with E-state index in [4.69, 9.17) is 9.47 Å². The summed E-state index contributed by atoms with van der Waals surface area (Å²) >= 11 is 0. The van der Waals surface area contributed by atoms with Crippen LogP contribution in [0.5, 0.6) is 0 Å². The lowest BCUT2D eigenvalue weighted by Gasteiger charge is -2.09. The van der Waals surface area contributed by atoms with Crippen LogP contribution in [0.2, 0.25) is 0 Å². The molecule has 0 amide bonds. The number of ether oxygens (including phenoxy) is 2. The number of nitrogens with zero attached hydrogens (tertiary/aromatic N) is 2. The molecule has 20 heavy (non-hydrogen) atoms. The molecule has 0 aliphatic carbocycles. The topological polar surface area (TPSA) is 48.3 Å². The molecule has 116 valence electrons. The summed E-state index contributed by atoms with van der Waals surface area (Å²) < 4.78 is 12.6. The number of hydrogen-bond acceptors (Lipinski definition) is 4. The molecule has 1 N–H and O–H groups in total. The van der Waals surface area contributed by atoms with Crippen molar-refractivity contribution in [3.05, 3.63) is 11.9 Å². The first kappa shape index (κ1) is 17.0. The summed E-state index contributed by atoms with van der Waals surface area (Å²) in [6.07, 6.45) is 6.66. The quantitative estimate of drug-likeness (QED) is 0.599. The number of rotatable bonds is 12. The Morgan fingerprint density at radius 3 is 2.80 bits per heavy atom. The normalized spacial score (nSPS) is 10.9. The lowest BCUT2D eigenvalue weighted by atomic mass is 10.3. The van der Waals surface area contributed by atoms with Crippen molar-refractivity contribution in [2.75, 3.05) is 38.8 Å². The first-order valence-electron chi connectivity index (χ1n) is 7.62. The number of aromatic nitrogens is 2. The fraction of sp³-hybridized carbons (Fsp3) is 0.800. The van der Waals surface area contributed by atoms with Gasteiger partial charge in [-0.25, -0.2) is 4.98 Å². The van der Waals surface area contributed by atoms with Gasteiger partial charge in [0.05, 0.1) is 18.9 Å². The van der Waals surface area contributed by atoms with Gasteiger partial charge in [-0.05, 0) is 26.2 Å². The molecule has 0 fully saturated rings. The molecule has 0 radical (unpaired) electrons. The standard InChI is InChI=1S/C15H29N3O2/c1-4-5-8-16-15-17-14(2)13-18(15)9-6-7-10-20-12-11-19-3/h13H,4-12H2,1-3H3,(H,16,17). The predicted octanol–water partition coefficient (Wildman–Crippen LogP) is 2.85. The SMILES string of the molecule is CCCCNc1nc(C)cn1CCCCOCCOC. The van der Waals surface area contributed by atoms with Crippen molar-refractivity contribution in [3.8, 4) is 0 Å². The molecule has 1 heterocycles. The van der Waals surface area contributed by atoms with Gasteiger partial charge < -0.3 is 19.4 Å². The van der Waals surface area contributed by atoms with Gasteiger partial charge >= 0.3 is 0 Å². The van der Waals surface area contributed by atoms with E-state index in [1.165, 1.54) is 12.8 Å². The zero-order chi connectivity index (χ0) is 14.6. The Labute approximate surface area is 122 Å². The third-order valence-electron chi connectivity index (χ3n) is 3.08. The van der Waals surface area contributed by atoms with E-state index in [-0.39, 0.29) is 0 Å². The molecule has 0 spiro atoms. The van der Waals surface area contributed by atoms with E-state index in [0.29, 0.717) is 13.2 Å². The van der Waals surface area contributed by atoms with Gasteiger partial charge in [0.25, 0.3) is 0 Å². The second kappa shape index (κ2) is 10.7. The Hall–Kier alpha value is -1.07. The zero-order valence-electron chi connectivity index (χ0n) is 13.2.